The number of amides is 2. The minimum atomic E-state index is -2.81. The zero-order valence-electron chi connectivity index (χ0n) is 15.0. The standard InChI is InChI=1S/C18H23N3O5S/c1-12-15(10-14-4-2-3-5-16(14)21(12)27(25)26)11-19-18(24)20-8-6-13(7-9-20)17(22)23/h2-5,10,12-13,27H,6-9,11H2,1H3,(H,19,24)(H,22,23)/t12-/m1/s1. The van der Waals surface area contributed by atoms with Crippen molar-refractivity contribution < 1.29 is 23.1 Å². The number of thiol groups is 1. The van der Waals surface area contributed by atoms with Crippen molar-refractivity contribution in [3.63, 3.8) is 0 Å². The van der Waals surface area contributed by atoms with Crippen LogP contribution in [-0.2, 0) is 15.7 Å². The highest BCUT2D eigenvalue weighted by atomic mass is 32.2. The average Bonchev–Trinajstić information content (AvgIpc) is 2.65. The second kappa shape index (κ2) is 7.99. The van der Waals surface area contributed by atoms with Gasteiger partial charge in [-0.3, -0.25) is 9.10 Å². The highest BCUT2D eigenvalue weighted by molar-refractivity contribution is 7.74. The van der Waals surface area contributed by atoms with Crippen molar-refractivity contribution in [1.82, 2.24) is 10.2 Å². The summed E-state index contributed by atoms with van der Waals surface area (Å²) in [5.41, 5.74) is 2.22. The number of hydrogen-bond acceptors (Lipinski definition) is 4. The van der Waals surface area contributed by atoms with Gasteiger partial charge >= 0.3 is 12.0 Å². The number of para-hydroxylation sites is 1. The molecule has 0 aliphatic carbocycles. The van der Waals surface area contributed by atoms with Crippen LogP contribution in [0.3, 0.4) is 0 Å². The number of carboxylic acids is 1. The maximum absolute atomic E-state index is 12.4. The minimum absolute atomic E-state index is 0.229. The zero-order valence-corrected chi connectivity index (χ0v) is 15.9. The number of piperidine rings is 1. The number of fused-ring (bicyclic) bond motifs is 1. The number of carbonyl (C=O) groups is 2. The average molecular weight is 393 g/mol. The SMILES string of the molecule is C[C@@H]1C(CNC(=O)N2CCC(C(=O)O)CC2)=Cc2ccccc2N1[SH](=O)=O. The third-order valence-electron chi connectivity index (χ3n) is 5.18. The Kier molecular flexibility index (Phi) is 5.69. The second-order valence-electron chi connectivity index (χ2n) is 6.79. The quantitative estimate of drug-likeness (QED) is 0.669. The summed E-state index contributed by atoms with van der Waals surface area (Å²) in [6.07, 6.45) is 2.80. The van der Waals surface area contributed by atoms with Crippen molar-refractivity contribution in [3.8, 4) is 0 Å². The fraction of sp³-hybridized carbons (Fsp3) is 0.444. The number of nitrogens with zero attached hydrogens (tertiary/aromatic N) is 2. The Morgan fingerprint density at radius 2 is 1.89 bits per heavy atom. The molecule has 9 heteroatoms. The molecule has 0 spiro atoms. The summed E-state index contributed by atoms with van der Waals surface area (Å²) in [6, 6.07) is 6.58. The topological polar surface area (TPSA) is 107 Å². The Hall–Kier alpha value is -2.55. The molecule has 0 unspecified atom stereocenters. The summed E-state index contributed by atoms with van der Waals surface area (Å²) in [7, 11) is -2.81. The van der Waals surface area contributed by atoms with Crippen LogP contribution in [-0.4, -0.2) is 56.1 Å². The Balaban J connectivity index is 1.66. The molecule has 2 heterocycles. The maximum atomic E-state index is 12.4. The predicted octanol–water partition coefficient (Wildman–Crippen LogP) is 1.31. The van der Waals surface area contributed by atoms with Crippen LogP contribution in [0.15, 0.2) is 29.8 Å². The molecule has 146 valence electrons. The number of anilines is 1. The van der Waals surface area contributed by atoms with E-state index in [1.54, 1.807) is 24.0 Å². The van der Waals surface area contributed by atoms with Gasteiger partial charge in [-0.15, -0.1) is 0 Å². The summed E-state index contributed by atoms with van der Waals surface area (Å²) >= 11 is 0. The number of hydrogen-bond donors (Lipinski definition) is 3. The lowest BCUT2D eigenvalue weighted by atomic mass is 9.97. The number of carbonyl (C=O) groups excluding carboxylic acids is 1. The van der Waals surface area contributed by atoms with Gasteiger partial charge in [-0.1, -0.05) is 18.2 Å². The molecule has 0 aromatic heterocycles. The summed E-state index contributed by atoms with van der Waals surface area (Å²) in [5.74, 6) is -1.21. The van der Waals surface area contributed by atoms with Crippen LogP contribution in [0.2, 0.25) is 0 Å². The molecule has 2 aliphatic rings. The Morgan fingerprint density at radius 3 is 2.52 bits per heavy atom. The van der Waals surface area contributed by atoms with Crippen molar-refractivity contribution in [2.45, 2.75) is 25.8 Å². The largest absolute Gasteiger partial charge is 0.481 e. The molecule has 1 aromatic carbocycles. The van der Waals surface area contributed by atoms with E-state index in [2.05, 4.69) is 5.32 Å². The fourth-order valence-corrected chi connectivity index (χ4v) is 4.34. The smallest absolute Gasteiger partial charge is 0.317 e. The van der Waals surface area contributed by atoms with Crippen LogP contribution in [0, 0.1) is 5.92 Å². The maximum Gasteiger partial charge on any atom is 0.317 e. The lowest BCUT2D eigenvalue weighted by Crippen LogP contribution is -2.47. The first-order chi connectivity index (χ1) is 12.9. The van der Waals surface area contributed by atoms with Gasteiger partial charge in [0.25, 0.3) is 0 Å². The van der Waals surface area contributed by atoms with Crippen LogP contribution in [0.5, 0.6) is 0 Å². The summed E-state index contributed by atoms with van der Waals surface area (Å²) < 4.78 is 24.8. The Morgan fingerprint density at radius 1 is 1.22 bits per heavy atom. The lowest BCUT2D eigenvalue weighted by molar-refractivity contribution is -0.143. The van der Waals surface area contributed by atoms with Crippen LogP contribution in [0.25, 0.3) is 6.08 Å². The number of carboxylic acid groups (broad SMARTS) is 1. The van der Waals surface area contributed by atoms with Crippen molar-refractivity contribution in [2.24, 2.45) is 5.92 Å². The number of likely N-dealkylation sites (tertiary alicyclic amines) is 1. The Bertz CT molecular complexity index is 835. The van der Waals surface area contributed by atoms with Crippen LogP contribution in [0.4, 0.5) is 10.5 Å². The van der Waals surface area contributed by atoms with Gasteiger partial charge in [0, 0.05) is 19.6 Å². The lowest BCUT2D eigenvalue weighted by Gasteiger charge is -2.34. The van der Waals surface area contributed by atoms with Crippen LogP contribution >= 0.6 is 0 Å². The molecular formula is C18H23N3O5S. The van der Waals surface area contributed by atoms with Gasteiger partial charge in [-0.05, 0) is 43.0 Å². The molecule has 2 N–H and O–H groups in total. The Labute approximate surface area is 159 Å². The molecule has 1 saturated heterocycles. The van der Waals surface area contributed by atoms with Crippen molar-refractivity contribution in [3.05, 3.63) is 35.4 Å². The van der Waals surface area contributed by atoms with E-state index in [4.69, 9.17) is 5.11 Å². The highest BCUT2D eigenvalue weighted by Crippen LogP contribution is 2.32. The fourth-order valence-electron chi connectivity index (χ4n) is 3.55. The number of rotatable bonds is 4. The van der Waals surface area contributed by atoms with Crippen LogP contribution < -0.4 is 9.62 Å². The predicted molar refractivity (Wildman–Crippen MR) is 102 cm³/mol. The van der Waals surface area contributed by atoms with Crippen LogP contribution in [0.1, 0.15) is 25.3 Å². The van der Waals surface area contributed by atoms with Crippen molar-refractivity contribution in [2.75, 3.05) is 23.9 Å². The summed E-state index contributed by atoms with van der Waals surface area (Å²) in [4.78, 5) is 25.0. The van der Waals surface area contributed by atoms with Gasteiger partial charge in [0.15, 0.2) is 0 Å². The van der Waals surface area contributed by atoms with E-state index in [0.29, 0.717) is 31.6 Å². The minimum Gasteiger partial charge on any atom is -0.481 e. The van der Waals surface area contributed by atoms with E-state index in [9.17, 15) is 18.0 Å². The first kappa shape index (κ1) is 19.2. The first-order valence-electron chi connectivity index (χ1n) is 8.87. The van der Waals surface area contributed by atoms with E-state index in [-0.39, 0.29) is 18.6 Å². The highest BCUT2D eigenvalue weighted by Gasteiger charge is 2.29. The molecule has 0 radical (unpaired) electrons. The molecule has 2 amide bonds. The van der Waals surface area contributed by atoms with Gasteiger partial charge in [0.05, 0.1) is 17.6 Å². The molecule has 27 heavy (non-hydrogen) atoms. The molecule has 1 atom stereocenters. The third-order valence-corrected chi connectivity index (χ3v) is 6.09. The van der Waals surface area contributed by atoms with E-state index < -0.39 is 22.8 Å². The molecule has 1 aromatic rings. The normalized spacial score (nSPS) is 20.2. The van der Waals surface area contributed by atoms with Gasteiger partial charge in [-0.25, -0.2) is 13.2 Å². The number of urea groups is 1. The van der Waals surface area contributed by atoms with E-state index >= 15 is 0 Å². The van der Waals surface area contributed by atoms with E-state index in [1.165, 1.54) is 4.31 Å². The zero-order chi connectivity index (χ0) is 19.6. The van der Waals surface area contributed by atoms with E-state index in [0.717, 1.165) is 11.1 Å². The third kappa shape index (κ3) is 4.08. The molecule has 0 saturated carbocycles. The van der Waals surface area contributed by atoms with Crippen molar-refractivity contribution >= 4 is 34.7 Å². The molecule has 2 aliphatic heterocycles. The molecule has 3 rings (SSSR count). The monoisotopic (exact) mass is 393 g/mol. The molecular weight excluding hydrogens is 370 g/mol. The van der Waals surface area contributed by atoms with Crippen molar-refractivity contribution in [1.29, 1.82) is 0 Å². The summed E-state index contributed by atoms with van der Waals surface area (Å²) in [6.45, 7) is 2.82. The summed E-state index contributed by atoms with van der Waals surface area (Å²) in [5, 5.41) is 11.9. The molecule has 0 bridgehead atoms. The number of aliphatic carboxylic acids is 1. The van der Waals surface area contributed by atoms with Gasteiger partial charge in [0.1, 0.15) is 0 Å². The number of benzene rings is 1. The molecule has 1 fully saturated rings. The van der Waals surface area contributed by atoms with Gasteiger partial charge in [-0.2, -0.15) is 0 Å². The van der Waals surface area contributed by atoms with Gasteiger partial charge < -0.3 is 15.3 Å². The molecule has 8 nitrogen and oxygen atoms in total. The van der Waals surface area contributed by atoms with E-state index in [1.807, 2.05) is 18.2 Å². The second-order valence-corrected chi connectivity index (χ2v) is 7.70. The first-order valence-corrected chi connectivity index (χ1v) is 10.00. The van der Waals surface area contributed by atoms with Gasteiger partial charge in [0.2, 0.25) is 10.9 Å². The number of nitrogens with one attached hydrogen (secondary N) is 1.